The van der Waals surface area contributed by atoms with Crippen molar-refractivity contribution >= 4 is 35.4 Å². The zero-order valence-corrected chi connectivity index (χ0v) is 15.3. The monoisotopic (exact) mass is 359 g/mol. The van der Waals surface area contributed by atoms with Gasteiger partial charge in [-0.25, -0.2) is 4.68 Å². The summed E-state index contributed by atoms with van der Waals surface area (Å²) in [5.74, 6) is 0.676. The van der Waals surface area contributed by atoms with Crippen LogP contribution in [0.2, 0.25) is 0 Å². The Hall–Kier alpha value is -1.29. The molecule has 0 N–H and O–H groups in total. The van der Waals surface area contributed by atoms with Gasteiger partial charge < -0.3 is 9.64 Å². The molecule has 8 nitrogen and oxygen atoms in total. The molecule has 1 fully saturated rings. The van der Waals surface area contributed by atoms with Gasteiger partial charge in [0.25, 0.3) is 0 Å². The molecule has 0 bridgehead atoms. The van der Waals surface area contributed by atoms with Crippen molar-refractivity contribution in [3.05, 3.63) is 0 Å². The summed E-state index contributed by atoms with van der Waals surface area (Å²) in [4.78, 5) is 25.7. The van der Waals surface area contributed by atoms with Gasteiger partial charge in [-0.1, -0.05) is 11.8 Å². The molecular weight excluding hydrogens is 338 g/mol. The third-order valence-corrected chi connectivity index (χ3v) is 5.35. The van der Waals surface area contributed by atoms with Crippen LogP contribution < -0.4 is 0 Å². The topological polar surface area (TPSA) is 90.2 Å². The number of rotatable bonds is 4. The number of hydrogen-bond donors (Lipinski definition) is 0. The number of thioether (sulfide) groups is 2. The van der Waals surface area contributed by atoms with Crippen LogP contribution in [-0.2, 0) is 19.9 Å². The molecule has 128 valence electrons. The van der Waals surface area contributed by atoms with Gasteiger partial charge in [-0.05, 0) is 31.2 Å². The molecule has 0 aromatic carbocycles. The minimum atomic E-state index is -0.303. The number of tetrazole rings is 1. The van der Waals surface area contributed by atoms with E-state index in [1.54, 1.807) is 9.58 Å². The van der Waals surface area contributed by atoms with Gasteiger partial charge in [0.15, 0.2) is 0 Å². The number of carbonyl (C=O) groups is 2. The van der Waals surface area contributed by atoms with Crippen LogP contribution in [0.5, 0.6) is 0 Å². The second-order valence-corrected chi connectivity index (χ2v) is 8.31. The zero-order chi connectivity index (χ0) is 17.0. The first-order valence-electron chi connectivity index (χ1n) is 7.22. The molecule has 1 aliphatic heterocycles. The first-order chi connectivity index (χ1) is 10.8. The van der Waals surface area contributed by atoms with E-state index in [0.717, 1.165) is 5.75 Å². The van der Waals surface area contributed by atoms with Crippen molar-refractivity contribution in [1.29, 1.82) is 0 Å². The predicted molar refractivity (Wildman–Crippen MR) is 88.4 cm³/mol. The molecule has 2 rings (SSSR count). The molecule has 1 atom stereocenters. The summed E-state index contributed by atoms with van der Waals surface area (Å²) < 4.78 is 6.46. The van der Waals surface area contributed by atoms with E-state index in [1.165, 1.54) is 30.6 Å². The molecule has 1 aliphatic rings. The molecule has 2 heterocycles. The van der Waals surface area contributed by atoms with E-state index < -0.39 is 0 Å². The molecule has 0 radical (unpaired) electrons. The Labute approximate surface area is 143 Å². The van der Waals surface area contributed by atoms with Crippen molar-refractivity contribution in [2.24, 2.45) is 0 Å². The second-order valence-electron chi connectivity index (χ2n) is 6.06. The highest BCUT2D eigenvalue weighted by Crippen LogP contribution is 2.24. The van der Waals surface area contributed by atoms with Gasteiger partial charge in [-0.3, -0.25) is 9.59 Å². The fraction of sp³-hybridized carbons (Fsp3) is 0.769. The normalized spacial score (nSPS) is 18.8. The van der Waals surface area contributed by atoms with E-state index in [-0.39, 0.29) is 28.4 Å². The molecule has 1 amide bonds. The summed E-state index contributed by atoms with van der Waals surface area (Å²) in [5, 5.41) is 11.9. The van der Waals surface area contributed by atoms with Crippen LogP contribution in [0.3, 0.4) is 0 Å². The minimum Gasteiger partial charge on any atom is -0.468 e. The van der Waals surface area contributed by atoms with E-state index in [4.69, 9.17) is 4.74 Å². The number of nitrogens with zero attached hydrogens (tertiary/aromatic N) is 5. The van der Waals surface area contributed by atoms with Crippen LogP contribution in [-0.4, -0.2) is 73.9 Å². The maximum Gasteiger partial charge on any atom is 0.320 e. The fourth-order valence-corrected chi connectivity index (χ4v) is 4.15. The van der Waals surface area contributed by atoms with Crippen LogP contribution in [0, 0.1) is 0 Å². The van der Waals surface area contributed by atoms with Crippen molar-refractivity contribution in [2.75, 3.05) is 31.7 Å². The summed E-state index contributed by atoms with van der Waals surface area (Å²) in [7, 11) is 1.37. The molecule has 10 heteroatoms. The highest BCUT2D eigenvalue weighted by molar-refractivity contribution is 8.00. The standard InChI is InChI=1S/C13H21N5O3S2/c1-13(2,3)18-12(14-15-16-18)23-8-10(19)17-5-6-22-9(7-17)11(20)21-4/h9H,5-8H2,1-4H3/t9-/m1/s1. The lowest BCUT2D eigenvalue weighted by Crippen LogP contribution is -2.45. The van der Waals surface area contributed by atoms with Crippen LogP contribution in [0.1, 0.15) is 20.8 Å². The molecule has 0 unspecified atom stereocenters. The number of methoxy groups -OCH3 is 1. The summed E-state index contributed by atoms with van der Waals surface area (Å²) in [6.45, 7) is 7.02. The molecule has 23 heavy (non-hydrogen) atoms. The van der Waals surface area contributed by atoms with Gasteiger partial charge in [0.2, 0.25) is 11.1 Å². The number of esters is 1. The molecule has 0 spiro atoms. The number of carbonyl (C=O) groups excluding carboxylic acids is 2. The predicted octanol–water partition coefficient (Wildman–Crippen LogP) is 0.637. The number of ether oxygens (including phenoxy) is 1. The first-order valence-corrected chi connectivity index (χ1v) is 9.25. The molecule has 1 saturated heterocycles. The van der Waals surface area contributed by atoms with E-state index in [2.05, 4.69) is 15.5 Å². The number of aromatic nitrogens is 4. The molecular formula is C13H21N5O3S2. The summed E-state index contributed by atoms with van der Waals surface area (Å²) >= 11 is 2.84. The zero-order valence-electron chi connectivity index (χ0n) is 13.7. The van der Waals surface area contributed by atoms with Crippen LogP contribution >= 0.6 is 23.5 Å². The van der Waals surface area contributed by atoms with Gasteiger partial charge in [0, 0.05) is 18.8 Å². The van der Waals surface area contributed by atoms with Gasteiger partial charge in [-0.15, -0.1) is 16.9 Å². The van der Waals surface area contributed by atoms with Gasteiger partial charge in [0.1, 0.15) is 5.25 Å². The number of hydrogen-bond acceptors (Lipinski definition) is 8. The molecule has 1 aromatic heterocycles. The van der Waals surface area contributed by atoms with Crippen molar-refractivity contribution in [1.82, 2.24) is 25.1 Å². The first kappa shape index (κ1) is 18.1. The van der Waals surface area contributed by atoms with E-state index in [1.807, 2.05) is 20.8 Å². The van der Waals surface area contributed by atoms with E-state index >= 15 is 0 Å². The van der Waals surface area contributed by atoms with Crippen molar-refractivity contribution in [2.45, 2.75) is 36.7 Å². The highest BCUT2D eigenvalue weighted by atomic mass is 32.2. The highest BCUT2D eigenvalue weighted by Gasteiger charge is 2.30. The largest absolute Gasteiger partial charge is 0.468 e. The second kappa shape index (κ2) is 7.52. The Kier molecular flexibility index (Phi) is 5.90. The average Bonchev–Trinajstić information content (AvgIpc) is 3.00. The molecule has 0 saturated carbocycles. The SMILES string of the molecule is COC(=O)[C@H]1CN(C(=O)CSc2nnnn2C(C)(C)C)CCS1. The maximum absolute atomic E-state index is 12.4. The Morgan fingerprint density at radius 3 is 2.83 bits per heavy atom. The number of amides is 1. The summed E-state index contributed by atoms with van der Waals surface area (Å²) in [5.41, 5.74) is -0.243. The Morgan fingerprint density at radius 2 is 2.17 bits per heavy atom. The Balaban J connectivity index is 1.92. The van der Waals surface area contributed by atoms with Crippen molar-refractivity contribution < 1.29 is 14.3 Å². The van der Waals surface area contributed by atoms with Crippen LogP contribution in [0.15, 0.2) is 5.16 Å². The van der Waals surface area contributed by atoms with Crippen LogP contribution in [0.25, 0.3) is 0 Å². The lowest BCUT2D eigenvalue weighted by molar-refractivity contribution is -0.141. The van der Waals surface area contributed by atoms with Crippen molar-refractivity contribution in [3.8, 4) is 0 Å². The summed E-state index contributed by atoms with van der Waals surface area (Å²) in [6.07, 6.45) is 0. The van der Waals surface area contributed by atoms with E-state index in [0.29, 0.717) is 18.2 Å². The van der Waals surface area contributed by atoms with Crippen LogP contribution in [0.4, 0.5) is 0 Å². The molecule has 0 aliphatic carbocycles. The van der Waals surface area contributed by atoms with Crippen molar-refractivity contribution in [3.63, 3.8) is 0 Å². The average molecular weight is 359 g/mol. The molecule has 1 aromatic rings. The lowest BCUT2D eigenvalue weighted by atomic mass is 10.1. The third kappa shape index (κ3) is 4.60. The minimum absolute atomic E-state index is 0.0207. The lowest BCUT2D eigenvalue weighted by Gasteiger charge is -2.30. The summed E-state index contributed by atoms with van der Waals surface area (Å²) in [6, 6.07) is 0. The van der Waals surface area contributed by atoms with Gasteiger partial charge in [0.05, 0.1) is 18.4 Å². The third-order valence-electron chi connectivity index (χ3n) is 3.28. The fourth-order valence-electron chi connectivity index (χ4n) is 2.06. The maximum atomic E-state index is 12.4. The smallest absolute Gasteiger partial charge is 0.320 e. The Bertz CT molecular complexity index is 572. The van der Waals surface area contributed by atoms with Gasteiger partial charge in [-0.2, -0.15) is 0 Å². The van der Waals surface area contributed by atoms with E-state index in [9.17, 15) is 9.59 Å². The quantitative estimate of drug-likeness (QED) is 0.571. The Morgan fingerprint density at radius 1 is 1.43 bits per heavy atom. The van der Waals surface area contributed by atoms with Gasteiger partial charge >= 0.3 is 5.97 Å².